The minimum atomic E-state index is -2.86. The molecule has 1 aliphatic rings. The highest BCUT2D eigenvalue weighted by molar-refractivity contribution is 7.91. The Kier molecular flexibility index (Phi) is 4.88. The molecule has 1 fully saturated rings. The van der Waals surface area contributed by atoms with Gasteiger partial charge in [-0.2, -0.15) is 0 Å². The lowest BCUT2D eigenvalue weighted by Gasteiger charge is -2.36. The maximum Gasteiger partial charge on any atom is 0.151 e. The lowest BCUT2D eigenvalue weighted by molar-refractivity contribution is 0.272. The third kappa shape index (κ3) is 4.11. The van der Waals surface area contributed by atoms with Crippen LogP contribution < -0.4 is 10.6 Å². The third-order valence-electron chi connectivity index (χ3n) is 3.79. The average Bonchev–Trinajstić information content (AvgIpc) is 2.47. The van der Waals surface area contributed by atoms with Crippen LogP contribution in [0.25, 0.3) is 0 Å². The maximum absolute atomic E-state index is 11.5. The van der Waals surface area contributed by atoms with Crippen LogP contribution in [0.5, 0.6) is 0 Å². The van der Waals surface area contributed by atoms with Crippen molar-refractivity contribution in [3.05, 3.63) is 24.3 Å². The summed E-state index contributed by atoms with van der Waals surface area (Å²) in [5, 5.41) is 0. The van der Waals surface area contributed by atoms with Crippen LogP contribution in [-0.4, -0.2) is 57.5 Å². The molecule has 112 valence electrons. The highest BCUT2D eigenvalue weighted by Gasteiger charge is 2.18. The summed E-state index contributed by atoms with van der Waals surface area (Å²) < 4.78 is 23.0. The molecule has 0 amide bonds. The van der Waals surface area contributed by atoms with Crippen LogP contribution in [0.4, 0.5) is 11.4 Å². The largest absolute Gasteiger partial charge is 0.399 e. The fourth-order valence-electron chi connectivity index (χ4n) is 2.33. The first kappa shape index (κ1) is 15.1. The van der Waals surface area contributed by atoms with Crippen molar-refractivity contribution < 1.29 is 8.42 Å². The summed E-state index contributed by atoms with van der Waals surface area (Å²) in [6, 6.07) is 7.89. The van der Waals surface area contributed by atoms with Crippen molar-refractivity contribution in [3.8, 4) is 0 Å². The first-order chi connectivity index (χ1) is 9.50. The summed E-state index contributed by atoms with van der Waals surface area (Å²) in [6.45, 7) is 6.01. The number of rotatable bonds is 5. The lowest BCUT2D eigenvalue weighted by atomic mass is 10.2. The first-order valence-electron chi connectivity index (χ1n) is 7.03. The van der Waals surface area contributed by atoms with E-state index in [1.807, 2.05) is 24.3 Å². The maximum atomic E-state index is 11.5. The fraction of sp³-hybridized carbons (Fsp3) is 0.571. The van der Waals surface area contributed by atoms with Crippen LogP contribution in [0.2, 0.25) is 0 Å². The molecule has 1 aromatic carbocycles. The number of piperazine rings is 1. The van der Waals surface area contributed by atoms with Gasteiger partial charge in [0.05, 0.1) is 5.75 Å². The molecule has 2 rings (SSSR count). The van der Waals surface area contributed by atoms with Gasteiger partial charge >= 0.3 is 0 Å². The topological polar surface area (TPSA) is 66.6 Å². The van der Waals surface area contributed by atoms with Crippen molar-refractivity contribution in [2.24, 2.45) is 0 Å². The van der Waals surface area contributed by atoms with Gasteiger partial charge in [-0.25, -0.2) is 8.42 Å². The van der Waals surface area contributed by atoms with E-state index in [0.717, 1.165) is 31.9 Å². The predicted octanol–water partition coefficient (Wildman–Crippen LogP) is 0.826. The Hall–Kier alpha value is -1.27. The molecule has 5 nitrogen and oxygen atoms in total. The number of nitrogens with zero attached hydrogens (tertiary/aromatic N) is 2. The van der Waals surface area contributed by atoms with Crippen LogP contribution in [0.3, 0.4) is 0 Å². The van der Waals surface area contributed by atoms with Gasteiger partial charge in [0.2, 0.25) is 0 Å². The van der Waals surface area contributed by atoms with Gasteiger partial charge in [-0.15, -0.1) is 0 Å². The van der Waals surface area contributed by atoms with Crippen molar-refractivity contribution in [3.63, 3.8) is 0 Å². The van der Waals surface area contributed by atoms with E-state index in [4.69, 9.17) is 5.73 Å². The molecule has 0 atom stereocenters. The Morgan fingerprint density at radius 1 is 1.10 bits per heavy atom. The zero-order valence-electron chi connectivity index (χ0n) is 12.0. The summed E-state index contributed by atoms with van der Waals surface area (Å²) in [6.07, 6.45) is 0. The molecule has 0 saturated carbocycles. The molecule has 20 heavy (non-hydrogen) atoms. The number of hydrogen-bond acceptors (Lipinski definition) is 5. The quantitative estimate of drug-likeness (QED) is 0.815. The van der Waals surface area contributed by atoms with E-state index in [1.165, 1.54) is 5.69 Å². The molecule has 1 saturated heterocycles. The van der Waals surface area contributed by atoms with E-state index in [-0.39, 0.29) is 11.5 Å². The smallest absolute Gasteiger partial charge is 0.151 e. The average molecular weight is 297 g/mol. The molecule has 1 aliphatic heterocycles. The second-order valence-corrected chi connectivity index (χ2v) is 7.63. The van der Waals surface area contributed by atoms with E-state index in [2.05, 4.69) is 9.80 Å². The first-order valence-corrected chi connectivity index (χ1v) is 8.85. The van der Waals surface area contributed by atoms with Crippen molar-refractivity contribution in [2.75, 3.05) is 54.9 Å². The highest BCUT2D eigenvalue weighted by Crippen LogP contribution is 2.18. The number of sulfone groups is 1. The zero-order chi connectivity index (χ0) is 14.6. The number of nitrogen functional groups attached to an aromatic ring is 1. The van der Waals surface area contributed by atoms with Gasteiger partial charge in [0.25, 0.3) is 0 Å². The molecular formula is C14H23N3O2S. The van der Waals surface area contributed by atoms with E-state index in [1.54, 1.807) is 6.92 Å². The van der Waals surface area contributed by atoms with Crippen molar-refractivity contribution in [1.29, 1.82) is 0 Å². The molecule has 0 unspecified atom stereocenters. The summed E-state index contributed by atoms with van der Waals surface area (Å²) in [4.78, 5) is 4.53. The highest BCUT2D eigenvalue weighted by atomic mass is 32.2. The Morgan fingerprint density at radius 2 is 1.70 bits per heavy atom. The van der Waals surface area contributed by atoms with Gasteiger partial charge < -0.3 is 10.6 Å². The molecule has 0 spiro atoms. The van der Waals surface area contributed by atoms with E-state index < -0.39 is 9.84 Å². The van der Waals surface area contributed by atoms with Gasteiger partial charge in [0.15, 0.2) is 9.84 Å². The fourth-order valence-corrected chi connectivity index (χ4v) is 3.15. The van der Waals surface area contributed by atoms with Crippen LogP contribution in [0.15, 0.2) is 24.3 Å². The number of nitrogens with two attached hydrogens (primary N) is 1. The van der Waals surface area contributed by atoms with Crippen molar-refractivity contribution in [2.45, 2.75) is 6.92 Å². The monoisotopic (exact) mass is 297 g/mol. The predicted molar refractivity (Wildman–Crippen MR) is 83.8 cm³/mol. The van der Waals surface area contributed by atoms with Gasteiger partial charge in [-0.3, -0.25) is 4.90 Å². The SMILES string of the molecule is CCS(=O)(=O)CCN1CCN(c2ccc(N)cc2)CC1. The Balaban J connectivity index is 1.82. The molecule has 0 aliphatic carbocycles. The van der Waals surface area contributed by atoms with E-state index in [9.17, 15) is 8.42 Å². The Bertz CT molecular complexity index is 520. The lowest BCUT2D eigenvalue weighted by Crippen LogP contribution is -2.47. The summed E-state index contributed by atoms with van der Waals surface area (Å²) in [5.41, 5.74) is 7.64. The van der Waals surface area contributed by atoms with Crippen LogP contribution in [-0.2, 0) is 9.84 Å². The van der Waals surface area contributed by atoms with Gasteiger partial charge in [-0.1, -0.05) is 6.92 Å². The second kappa shape index (κ2) is 6.45. The van der Waals surface area contributed by atoms with Crippen LogP contribution in [0, 0.1) is 0 Å². The molecule has 1 aromatic rings. The molecular weight excluding hydrogens is 274 g/mol. The molecule has 0 radical (unpaired) electrons. The standard InChI is InChI=1S/C14H23N3O2S/c1-2-20(18,19)12-11-16-7-9-17(10-8-16)14-5-3-13(15)4-6-14/h3-6H,2,7-12,15H2,1H3. The summed E-state index contributed by atoms with van der Waals surface area (Å²) in [7, 11) is -2.86. The number of benzene rings is 1. The minimum Gasteiger partial charge on any atom is -0.399 e. The Labute approximate surface area is 121 Å². The van der Waals surface area contributed by atoms with E-state index in [0.29, 0.717) is 6.54 Å². The van der Waals surface area contributed by atoms with E-state index >= 15 is 0 Å². The third-order valence-corrected chi connectivity index (χ3v) is 5.47. The molecule has 0 aromatic heterocycles. The van der Waals surface area contributed by atoms with Gasteiger partial charge in [0, 0.05) is 49.9 Å². The second-order valence-electron chi connectivity index (χ2n) is 5.16. The molecule has 6 heteroatoms. The normalized spacial score (nSPS) is 17.4. The molecule has 2 N–H and O–H groups in total. The van der Waals surface area contributed by atoms with Gasteiger partial charge in [-0.05, 0) is 24.3 Å². The van der Waals surface area contributed by atoms with Gasteiger partial charge in [0.1, 0.15) is 0 Å². The van der Waals surface area contributed by atoms with Crippen molar-refractivity contribution >= 4 is 21.2 Å². The van der Waals surface area contributed by atoms with Crippen LogP contribution >= 0.6 is 0 Å². The zero-order valence-corrected chi connectivity index (χ0v) is 12.8. The molecule has 1 heterocycles. The molecule has 0 bridgehead atoms. The minimum absolute atomic E-state index is 0.235. The van der Waals surface area contributed by atoms with Crippen molar-refractivity contribution in [1.82, 2.24) is 4.90 Å². The summed E-state index contributed by atoms with van der Waals surface area (Å²) >= 11 is 0. The number of anilines is 2. The van der Waals surface area contributed by atoms with Crippen LogP contribution in [0.1, 0.15) is 6.92 Å². The summed E-state index contributed by atoms with van der Waals surface area (Å²) in [5.74, 6) is 0.504. The Morgan fingerprint density at radius 3 is 2.25 bits per heavy atom. The number of hydrogen-bond donors (Lipinski definition) is 1.